The average molecular weight is 284 g/mol. The molecule has 1 unspecified atom stereocenters. The summed E-state index contributed by atoms with van der Waals surface area (Å²) < 4.78 is 0. The van der Waals surface area contributed by atoms with Gasteiger partial charge in [0.15, 0.2) is 0 Å². The minimum Gasteiger partial charge on any atom is -0.313 e. The van der Waals surface area contributed by atoms with E-state index in [1.165, 1.54) is 12.8 Å². The molecule has 1 heterocycles. The zero-order valence-electron chi connectivity index (χ0n) is 10.9. The standard InChI is InChI=1S/C13H18ClN3O2/c1-16(9-11-3-2-6-15-11)8-10-4-5-12(14)13(7-10)17(18)19/h4-5,7,11,15H,2-3,6,8-9H2,1H3. The van der Waals surface area contributed by atoms with Crippen LogP contribution in [0, 0.1) is 10.1 Å². The number of nitro groups is 1. The lowest BCUT2D eigenvalue weighted by molar-refractivity contribution is -0.384. The van der Waals surface area contributed by atoms with E-state index in [0.717, 1.165) is 18.7 Å². The van der Waals surface area contributed by atoms with Crippen LogP contribution in [0.1, 0.15) is 18.4 Å². The van der Waals surface area contributed by atoms with Crippen LogP contribution in [-0.2, 0) is 6.54 Å². The maximum Gasteiger partial charge on any atom is 0.288 e. The van der Waals surface area contributed by atoms with Crippen LogP contribution in [-0.4, -0.2) is 36.0 Å². The van der Waals surface area contributed by atoms with Gasteiger partial charge in [0, 0.05) is 25.2 Å². The van der Waals surface area contributed by atoms with Crippen LogP contribution in [0.5, 0.6) is 0 Å². The predicted octanol–water partition coefficient (Wildman–Crippen LogP) is 2.43. The highest BCUT2D eigenvalue weighted by atomic mass is 35.5. The summed E-state index contributed by atoms with van der Waals surface area (Å²) in [5.41, 5.74) is 0.892. The van der Waals surface area contributed by atoms with Crippen molar-refractivity contribution < 1.29 is 4.92 Å². The SMILES string of the molecule is CN(Cc1ccc(Cl)c([N+](=O)[O-])c1)CC1CCCN1. The van der Waals surface area contributed by atoms with E-state index in [1.54, 1.807) is 12.1 Å². The molecule has 1 aromatic carbocycles. The highest BCUT2D eigenvalue weighted by Crippen LogP contribution is 2.25. The lowest BCUT2D eigenvalue weighted by Crippen LogP contribution is -2.34. The maximum atomic E-state index is 10.8. The Hall–Kier alpha value is -1.17. The molecule has 1 N–H and O–H groups in total. The highest BCUT2D eigenvalue weighted by Gasteiger charge is 2.17. The Bertz CT molecular complexity index is 461. The van der Waals surface area contributed by atoms with Gasteiger partial charge in [0.1, 0.15) is 5.02 Å². The van der Waals surface area contributed by atoms with Crippen molar-refractivity contribution in [3.05, 3.63) is 38.9 Å². The Morgan fingerprint density at radius 2 is 2.37 bits per heavy atom. The first kappa shape index (κ1) is 14.2. The average Bonchev–Trinajstić information content (AvgIpc) is 2.84. The topological polar surface area (TPSA) is 58.4 Å². The largest absolute Gasteiger partial charge is 0.313 e. The number of benzene rings is 1. The molecule has 1 aromatic rings. The van der Waals surface area contributed by atoms with Gasteiger partial charge in [-0.1, -0.05) is 17.7 Å². The Balaban J connectivity index is 1.98. The maximum absolute atomic E-state index is 10.8. The van der Waals surface area contributed by atoms with Gasteiger partial charge in [-0.25, -0.2) is 0 Å². The third-order valence-electron chi connectivity index (χ3n) is 3.35. The number of halogens is 1. The summed E-state index contributed by atoms with van der Waals surface area (Å²) in [7, 11) is 2.03. The number of nitrogens with one attached hydrogen (secondary N) is 1. The molecule has 1 aliphatic rings. The molecule has 0 radical (unpaired) electrons. The number of nitrogens with zero attached hydrogens (tertiary/aromatic N) is 2. The summed E-state index contributed by atoms with van der Waals surface area (Å²) in [6, 6.07) is 5.53. The van der Waals surface area contributed by atoms with Crippen molar-refractivity contribution in [2.75, 3.05) is 20.1 Å². The van der Waals surface area contributed by atoms with Crippen LogP contribution in [0.25, 0.3) is 0 Å². The van der Waals surface area contributed by atoms with E-state index in [9.17, 15) is 10.1 Å². The van der Waals surface area contributed by atoms with Crippen molar-refractivity contribution in [3.8, 4) is 0 Å². The Kier molecular flexibility index (Phi) is 4.74. The van der Waals surface area contributed by atoms with Crippen LogP contribution in [0.2, 0.25) is 5.02 Å². The molecule has 1 atom stereocenters. The van der Waals surface area contributed by atoms with Crippen LogP contribution in [0.4, 0.5) is 5.69 Å². The summed E-state index contributed by atoms with van der Waals surface area (Å²) in [5.74, 6) is 0. The molecule has 5 nitrogen and oxygen atoms in total. The predicted molar refractivity (Wildman–Crippen MR) is 75.5 cm³/mol. The summed E-state index contributed by atoms with van der Waals surface area (Å²) in [5, 5.41) is 14.5. The van der Waals surface area contributed by atoms with E-state index in [1.807, 2.05) is 13.1 Å². The molecule has 104 valence electrons. The van der Waals surface area contributed by atoms with Crippen molar-refractivity contribution in [2.24, 2.45) is 0 Å². The lowest BCUT2D eigenvalue weighted by Gasteiger charge is -2.21. The molecule has 19 heavy (non-hydrogen) atoms. The molecule has 1 aliphatic heterocycles. The Morgan fingerprint density at radius 1 is 1.58 bits per heavy atom. The van der Waals surface area contributed by atoms with Gasteiger partial charge in [0.25, 0.3) is 5.69 Å². The fraction of sp³-hybridized carbons (Fsp3) is 0.538. The van der Waals surface area contributed by atoms with E-state index in [2.05, 4.69) is 10.2 Å². The third kappa shape index (κ3) is 3.89. The van der Waals surface area contributed by atoms with Gasteiger partial charge in [-0.15, -0.1) is 0 Å². The zero-order chi connectivity index (χ0) is 13.8. The summed E-state index contributed by atoms with van der Waals surface area (Å²) >= 11 is 5.80. The van der Waals surface area contributed by atoms with Gasteiger partial charge in [-0.3, -0.25) is 10.1 Å². The number of hydrogen-bond donors (Lipinski definition) is 1. The monoisotopic (exact) mass is 283 g/mol. The van der Waals surface area contributed by atoms with Crippen molar-refractivity contribution in [1.29, 1.82) is 0 Å². The summed E-state index contributed by atoms with van der Waals surface area (Å²) in [6.45, 7) is 2.73. The second-order valence-electron chi connectivity index (χ2n) is 5.03. The molecule has 0 aromatic heterocycles. The molecular formula is C13H18ClN3O2. The molecule has 0 saturated carbocycles. The number of nitro benzene ring substituents is 1. The van der Waals surface area contributed by atoms with Crippen LogP contribution in [0.15, 0.2) is 18.2 Å². The molecule has 0 amide bonds. The molecular weight excluding hydrogens is 266 g/mol. The molecule has 0 bridgehead atoms. The van der Waals surface area contributed by atoms with E-state index in [-0.39, 0.29) is 10.7 Å². The van der Waals surface area contributed by atoms with Crippen LogP contribution >= 0.6 is 11.6 Å². The molecule has 0 aliphatic carbocycles. The van der Waals surface area contributed by atoms with Gasteiger partial charge in [0.05, 0.1) is 4.92 Å². The summed E-state index contributed by atoms with van der Waals surface area (Å²) in [4.78, 5) is 12.6. The second-order valence-corrected chi connectivity index (χ2v) is 5.44. The third-order valence-corrected chi connectivity index (χ3v) is 3.67. The zero-order valence-corrected chi connectivity index (χ0v) is 11.7. The minimum atomic E-state index is -0.440. The molecule has 1 fully saturated rings. The lowest BCUT2D eigenvalue weighted by atomic mass is 10.1. The van der Waals surface area contributed by atoms with Crippen molar-refractivity contribution in [3.63, 3.8) is 0 Å². The van der Waals surface area contributed by atoms with Gasteiger partial charge in [0.2, 0.25) is 0 Å². The molecule has 1 saturated heterocycles. The van der Waals surface area contributed by atoms with Gasteiger partial charge in [-0.05, 0) is 38.1 Å². The van der Waals surface area contributed by atoms with Crippen LogP contribution in [0.3, 0.4) is 0 Å². The van der Waals surface area contributed by atoms with Crippen LogP contribution < -0.4 is 5.32 Å². The fourth-order valence-corrected chi connectivity index (χ4v) is 2.65. The second kappa shape index (κ2) is 6.32. The molecule has 6 heteroatoms. The molecule has 2 rings (SSSR count). The van der Waals surface area contributed by atoms with E-state index < -0.39 is 4.92 Å². The van der Waals surface area contributed by atoms with E-state index in [0.29, 0.717) is 12.6 Å². The first-order valence-electron chi connectivity index (χ1n) is 6.41. The van der Waals surface area contributed by atoms with E-state index >= 15 is 0 Å². The van der Waals surface area contributed by atoms with E-state index in [4.69, 9.17) is 11.6 Å². The van der Waals surface area contributed by atoms with Gasteiger partial charge in [-0.2, -0.15) is 0 Å². The van der Waals surface area contributed by atoms with Crippen molar-refractivity contribution in [1.82, 2.24) is 10.2 Å². The summed E-state index contributed by atoms with van der Waals surface area (Å²) in [6.07, 6.45) is 2.43. The number of rotatable bonds is 5. The number of likely N-dealkylation sites (N-methyl/N-ethyl adjacent to an activating group) is 1. The highest BCUT2D eigenvalue weighted by molar-refractivity contribution is 6.32. The quantitative estimate of drug-likeness (QED) is 0.666. The van der Waals surface area contributed by atoms with Crippen molar-refractivity contribution in [2.45, 2.75) is 25.4 Å². The minimum absolute atomic E-state index is 0.0217. The Labute approximate surface area is 117 Å². The smallest absolute Gasteiger partial charge is 0.288 e. The number of hydrogen-bond acceptors (Lipinski definition) is 4. The Morgan fingerprint density at radius 3 is 3.00 bits per heavy atom. The van der Waals surface area contributed by atoms with Gasteiger partial charge < -0.3 is 10.2 Å². The van der Waals surface area contributed by atoms with Gasteiger partial charge >= 0.3 is 0 Å². The first-order chi connectivity index (χ1) is 9.06. The normalized spacial score (nSPS) is 19.0. The fourth-order valence-electron chi connectivity index (χ4n) is 2.46. The molecule has 0 spiro atoms. The van der Waals surface area contributed by atoms with Crippen molar-refractivity contribution >= 4 is 17.3 Å². The first-order valence-corrected chi connectivity index (χ1v) is 6.79.